The number of ether oxygens (including phenoxy) is 1. The van der Waals surface area contributed by atoms with Gasteiger partial charge in [0.15, 0.2) is 0 Å². The topological polar surface area (TPSA) is 111 Å². The van der Waals surface area contributed by atoms with Crippen molar-refractivity contribution in [3.8, 4) is 11.4 Å². The molecule has 0 saturated heterocycles. The Morgan fingerprint density at radius 1 is 0.971 bits per heavy atom. The van der Waals surface area contributed by atoms with Crippen LogP contribution in [0.2, 0.25) is 0 Å². The maximum Gasteiger partial charge on any atom is 0.253 e. The molecule has 0 aliphatic rings. The number of carbonyl (C=O) groups excluding carboxylic acids is 2. The Bertz CT molecular complexity index is 1300. The van der Waals surface area contributed by atoms with Gasteiger partial charge in [-0.3, -0.25) is 9.59 Å². The normalized spacial score (nSPS) is 10.5. The summed E-state index contributed by atoms with van der Waals surface area (Å²) in [6.07, 6.45) is 0.721. The molecule has 0 saturated carbocycles. The predicted octanol–water partition coefficient (Wildman–Crippen LogP) is 3.37. The maximum atomic E-state index is 12.7. The average Bonchev–Trinajstić information content (AvgIpc) is 3.37. The molecule has 1 aromatic heterocycles. The first-order valence-electron chi connectivity index (χ1n) is 10.9. The Hall–Kier alpha value is -4.18. The van der Waals surface area contributed by atoms with E-state index < -0.39 is 0 Å². The first-order valence-corrected chi connectivity index (χ1v) is 11.9. The van der Waals surface area contributed by atoms with Gasteiger partial charge in [-0.05, 0) is 46.7 Å². The number of hydrogen-bond donors (Lipinski definition) is 2. The number of thioether (sulfide) groups is 1. The number of methoxy groups -OCH3 is 1. The molecule has 4 rings (SSSR count). The minimum Gasteiger partial charge on any atom is -0.494 e. The highest BCUT2D eigenvalue weighted by atomic mass is 32.2. The first-order chi connectivity index (χ1) is 17.2. The van der Waals surface area contributed by atoms with Gasteiger partial charge in [0.2, 0.25) is 11.1 Å². The van der Waals surface area contributed by atoms with Crippen LogP contribution in [0.25, 0.3) is 5.69 Å². The monoisotopic (exact) mass is 488 g/mol. The van der Waals surface area contributed by atoms with Crippen molar-refractivity contribution >= 4 is 29.3 Å². The number of anilines is 1. The van der Waals surface area contributed by atoms with Crippen LogP contribution in [0.15, 0.2) is 84.0 Å². The summed E-state index contributed by atoms with van der Waals surface area (Å²) in [5.74, 6) is 0.136. The number of nitrogens with one attached hydrogen (secondary N) is 2. The molecule has 4 aromatic rings. The van der Waals surface area contributed by atoms with Crippen molar-refractivity contribution in [1.29, 1.82) is 0 Å². The number of rotatable bonds is 10. The van der Waals surface area contributed by atoms with Gasteiger partial charge in [0, 0.05) is 6.54 Å². The van der Waals surface area contributed by atoms with E-state index >= 15 is 0 Å². The number of nitrogens with zero attached hydrogens (tertiary/aromatic N) is 4. The zero-order valence-electron chi connectivity index (χ0n) is 19.0. The Morgan fingerprint density at radius 3 is 2.54 bits per heavy atom. The van der Waals surface area contributed by atoms with Gasteiger partial charge in [-0.2, -0.15) is 4.68 Å². The van der Waals surface area contributed by atoms with E-state index in [2.05, 4.69) is 26.2 Å². The smallest absolute Gasteiger partial charge is 0.253 e. The average molecular weight is 489 g/mol. The van der Waals surface area contributed by atoms with Crippen LogP contribution in [0, 0.1) is 0 Å². The van der Waals surface area contributed by atoms with Gasteiger partial charge in [0.05, 0.1) is 24.1 Å². The molecular formula is C25H24N6O3S. The maximum absolute atomic E-state index is 12.7. The summed E-state index contributed by atoms with van der Waals surface area (Å²) in [6, 6.07) is 24.2. The molecule has 35 heavy (non-hydrogen) atoms. The summed E-state index contributed by atoms with van der Waals surface area (Å²) in [5, 5.41) is 17.9. The third-order valence-corrected chi connectivity index (χ3v) is 5.99. The number of hydrogen-bond acceptors (Lipinski definition) is 7. The molecule has 0 unspecified atom stereocenters. The molecule has 0 aliphatic carbocycles. The first kappa shape index (κ1) is 24.0. The number of aromatic nitrogens is 4. The molecule has 1 heterocycles. The molecule has 0 bridgehead atoms. The van der Waals surface area contributed by atoms with Crippen LogP contribution in [0.3, 0.4) is 0 Å². The molecule has 0 aliphatic heterocycles. The van der Waals surface area contributed by atoms with Crippen molar-refractivity contribution in [2.24, 2.45) is 0 Å². The van der Waals surface area contributed by atoms with Crippen LogP contribution in [0.4, 0.5) is 5.69 Å². The Morgan fingerprint density at radius 2 is 1.71 bits per heavy atom. The van der Waals surface area contributed by atoms with Crippen LogP contribution in [0.5, 0.6) is 5.75 Å². The van der Waals surface area contributed by atoms with Gasteiger partial charge >= 0.3 is 0 Å². The molecule has 0 radical (unpaired) electrons. The highest BCUT2D eigenvalue weighted by Crippen LogP contribution is 2.25. The second-order valence-electron chi connectivity index (χ2n) is 7.42. The summed E-state index contributed by atoms with van der Waals surface area (Å²) in [5.41, 5.74) is 2.65. The summed E-state index contributed by atoms with van der Waals surface area (Å²) in [7, 11) is 1.57. The zero-order valence-corrected chi connectivity index (χ0v) is 19.9. The standard InChI is InChI=1S/C25H24N6O3S/c1-34-22-14-8-7-13-21(22)31-25(28-29-30-31)35-17-23(32)27-20-12-6-5-11-19(20)24(33)26-16-15-18-9-3-2-4-10-18/h2-14H,15-17H2,1H3,(H,26,33)(H,27,32). The second kappa shape index (κ2) is 11.8. The lowest BCUT2D eigenvalue weighted by atomic mass is 10.1. The summed E-state index contributed by atoms with van der Waals surface area (Å²) in [4.78, 5) is 25.4. The Kier molecular flexibility index (Phi) is 8.08. The van der Waals surface area contributed by atoms with E-state index in [-0.39, 0.29) is 17.6 Å². The second-order valence-corrected chi connectivity index (χ2v) is 8.36. The quantitative estimate of drug-likeness (QED) is 0.329. The summed E-state index contributed by atoms with van der Waals surface area (Å²) in [6.45, 7) is 0.493. The highest BCUT2D eigenvalue weighted by Gasteiger charge is 2.16. The Labute approximate surface area is 206 Å². The van der Waals surface area contributed by atoms with Crippen molar-refractivity contribution in [2.45, 2.75) is 11.6 Å². The van der Waals surface area contributed by atoms with Crippen LogP contribution >= 0.6 is 11.8 Å². The lowest BCUT2D eigenvalue weighted by Gasteiger charge is -2.12. The highest BCUT2D eigenvalue weighted by molar-refractivity contribution is 7.99. The van der Waals surface area contributed by atoms with Gasteiger partial charge < -0.3 is 15.4 Å². The Balaban J connectivity index is 1.36. The minimum atomic E-state index is -0.283. The number of carbonyl (C=O) groups is 2. The van der Waals surface area contributed by atoms with E-state index in [9.17, 15) is 9.59 Å². The van der Waals surface area contributed by atoms with Crippen LogP contribution in [-0.4, -0.2) is 51.4 Å². The van der Waals surface area contributed by atoms with Crippen molar-refractivity contribution in [2.75, 3.05) is 24.7 Å². The number of benzene rings is 3. The van der Waals surface area contributed by atoms with E-state index in [1.54, 1.807) is 37.4 Å². The minimum absolute atomic E-state index is 0.0550. The third-order valence-electron chi connectivity index (χ3n) is 5.07. The van der Waals surface area contributed by atoms with Crippen molar-refractivity contribution in [1.82, 2.24) is 25.5 Å². The van der Waals surface area contributed by atoms with E-state index in [0.29, 0.717) is 34.4 Å². The van der Waals surface area contributed by atoms with E-state index in [4.69, 9.17) is 4.74 Å². The predicted molar refractivity (Wildman–Crippen MR) is 134 cm³/mol. The van der Waals surface area contributed by atoms with E-state index in [1.165, 1.54) is 16.4 Å². The van der Waals surface area contributed by atoms with Crippen LogP contribution < -0.4 is 15.4 Å². The van der Waals surface area contributed by atoms with Crippen molar-refractivity contribution < 1.29 is 14.3 Å². The molecule has 10 heteroatoms. The van der Waals surface area contributed by atoms with Gasteiger partial charge in [-0.1, -0.05) is 66.4 Å². The fraction of sp³-hybridized carbons (Fsp3) is 0.160. The molecule has 0 atom stereocenters. The molecular weight excluding hydrogens is 464 g/mol. The lowest BCUT2D eigenvalue weighted by molar-refractivity contribution is -0.113. The van der Waals surface area contributed by atoms with Gasteiger partial charge in [0.1, 0.15) is 11.4 Å². The molecule has 9 nitrogen and oxygen atoms in total. The number of para-hydroxylation sites is 3. The van der Waals surface area contributed by atoms with E-state index in [1.807, 2.05) is 48.5 Å². The number of tetrazole rings is 1. The fourth-order valence-corrected chi connectivity index (χ4v) is 4.08. The van der Waals surface area contributed by atoms with Crippen molar-refractivity contribution in [3.05, 3.63) is 90.0 Å². The molecule has 0 fully saturated rings. The molecule has 2 amide bonds. The number of amides is 2. The van der Waals surface area contributed by atoms with Gasteiger partial charge in [0.25, 0.3) is 5.91 Å². The molecule has 2 N–H and O–H groups in total. The third kappa shape index (κ3) is 6.24. The fourth-order valence-electron chi connectivity index (χ4n) is 3.39. The van der Waals surface area contributed by atoms with Crippen LogP contribution in [0.1, 0.15) is 15.9 Å². The molecule has 0 spiro atoms. The lowest BCUT2D eigenvalue weighted by Crippen LogP contribution is -2.27. The van der Waals surface area contributed by atoms with Gasteiger partial charge in [-0.25, -0.2) is 0 Å². The van der Waals surface area contributed by atoms with Crippen molar-refractivity contribution in [3.63, 3.8) is 0 Å². The van der Waals surface area contributed by atoms with Crippen LogP contribution in [-0.2, 0) is 11.2 Å². The largest absolute Gasteiger partial charge is 0.494 e. The summed E-state index contributed by atoms with van der Waals surface area (Å²) < 4.78 is 6.89. The van der Waals surface area contributed by atoms with E-state index in [0.717, 1.165) is 12.0 Å². The zero-order chi connectivity index (χ0) is 24.5. The SMILES string of the molecule is COc1ccccc1-n1nnnc1SCC(=O)Nc1ccccc1C(=O)NCCc1ccccc1. The summed E-state index contributed by atoms with van der Waals surface area (Å²) >= 11 is 1.18. The van der Waals surface area contributed by atoms with Gasteiger partial charge in [-0.15, -0.1) is 5.10 Å². The molecule has 178 valence electrons. The molecule has 3 aromatic carbocycles.